The predicted octanol–water partition coefficient (Wildman–Crippen LogP) is 2.70. The van der Waals surface area contributed by atoms with Crippen LogP contribution in [0, 0.1) is 0 Å². The Hall–Kier alpha value is -1.40. The van der Waals surface area contributed by atoms with Gasteiger partial charge in [0.25, 0.3) is 0 Å². The van der Waals surface area contributed by atoms with E-state index in [-0.39, 0.29) is 6.04 Å². The van der Waals surface area contributed by atoms with Gasteiger partial charge in [-0.1, -0.05) is 6.07 Å². The second kappa shape index (κ2) is 5.54. The Labute approximate surface area is 128 Å². The van der Waals surface area contributed by atoms with E-state index in [1.165, 1.54) is 10.6 Å². The lowest BCUT2D eigenvalue weighted by molar-refractivity contribution is 0.328. The van der Waals surface area contributed by atoms with Crippen LogP contribution in [0.4, 0.5) is 0 Å². The molecule has 4 nitrogen and oxygen atoms in total. The van der Waals surface area contributed by atoms with Gasteiger partial charge in [-0.2, -0.15) is 0 Å². The first-order valence-electron chi connectivity index (χ1n) is 6.79. The molecule has 0 amide bonds. The molecule has 0 fully saturated rings. The zero-order chi connectivity index (χ0) is 14.1. The highest BCUT2D eigenvalue weighted by molar-refractivity contribution is 7.80. The standard InChI is InChI=1S/C14H18N4S2/c1-9(2)17-14(19)18-6-5-10-12(16-8-15-10)13(18)11-4-3-7-20-11/h3-4,7-9,13H,5-6H2,1-2H3,(H,15,16)(H,17,19). The summed E-state index contributed by atoms with van der Waals surface area (Å²) in [7, 11) is 0. The quantitative estimate of drug-likeness (QED) is 0.837. The van der Waals surface area contributed by atoms with Gasteiger partial charge >= 0.3 is 0 Å². The minimum Gasteiger partial charge on any atom is -0.360 e. The minimum absolute atomic E-state index is 0.128. The number of H-pyrrole nitrogens is 1. The number of aromatic nitrogens is 2. The molecule has 0 radical (unpaired) electrons. The van der Waals surface area contributed by atoms with E-state index >= 15 is 0 Å². The van der Waals surface area contributed by atoms with E-state index in [4.69, 9.17) is 12.2 Å². The molecule has 1 unspecified atom stereocenters. The van der Waals surface area contributed by atoms with Crippen LogP contribution in [0.5, 0.6) is 0 Å². The van der Waals surface area contributed by atoms with Crippen LogP contribution in [0.25, 0.3) is 0 Å². The molecule has 0 saturated heterocycles. The first-order valence-corrected chi connectivity index (χ1v) is 8.08. The fourth-order valence-corrected chi connectivity index (χ4v) is 3.83. The summed E-state index contributed by atoms with van der Waals surface area (Å²) in [6.07, 6.45) is 2.74. The summed E-state index contributed by atoms with van der Waals surface area (Å²) in [5, 5.41) is 6.27. The van der Waals surface area contributed by atoms with Crippen molar-refractivity contribution in [2.75, 3.05) is 6.54 Å². The molecular weight excluding hydrogens is 288 g/mol. The molecule has 2 aromatic heterocycles. The van der Waals surface area contributed by atoms with Crippen molar-refractivity contribution in [1.82, 2.24) is 20.2 Å². The average molecular weight is 306 g/mol. The van der Waals surface area contributed by atoms with Crippen molar-refractivity contribution in [3.8, 4) is 0 Å². The molecule has 106 valence electrons. The topological polar surface area (TPSA) is 44.0 Å². The maximum atomic E-state index is 5.59. The van der Waals surface area contributed by atoms with Gasteiger partial charge in [0.2, 0.25) is 0 Å². The molecule has 2 N–H and O–H groups in total. The van der Waals surface area contributed by atoms with Crippen molar-refractivity contribution in [2.24, 2.45) is 0 Å². The van der Waals surface area contributed by atoms with Crippen LogP contribution in [-0.4, -0.2) is 32.6 Å². The lowest BCUT2D eigenvalue weighted by Gasteiger charge is -2.37. The Morgan fingerprint density at radius 1 is 1.60 bits per heavy atom. The van der Waals surface area contributed by atoms with E-state index in [0.717, 1.165) is 23.8 Å². The molecular formula is C14H18N4S2. The van der Waals surface area contributed by atoms with Crippen molar-refractivity contribution in [3.05, 3.63) is 40.1 Å². The summed E-state index contributed by atoms with van der Waals surface area (Å²) in [6, 6.07) is 4.71. The SMILES string of the molecule is CC(C)NC(=S)N1CCc2[nH]cnc2C1c1cccs1. The van der Waals surface area contributed by atoms with Gasteiger partial charge in [0.1, 0.15) is 6.04 Å². The smallest absolute Gasteiger partial charge is 0.170 e. The largest absolute Gasteiger partial charge is 0.360 e. The number of thiophene rings is 1. The second-order valence-electron chi connectivity index (χ2n) is 5.23. The van der Waals surface area contributed by atoms with Gasteiger partial charge in [-0.3, -0.25) is 0 Å². The van der Waals surface area contributed by atoms with Crippen LogP contribution in [0.1, 0.15) is 36.2 Å². The molecule has 0 bridgehead atoms. The number of nitrogens with zero attached hydrogens (tertiary/aromatic N) is 2. The fraction of sp³-hybridized carbons (Fsp3) is 0.429. The van der Waals surface area contributed by atoms with Gasteiger partial charge in [-0.05, 0) is 37.5 Å². The Bertz CT molecular complexity index is 588. The number of hydrogen-bond donors (Lipinski definition) is 2. The monoisotopic (exact) mass is 306 g/mol. The van der Waals surface area contributed by atoms with Crippen LogP contribution >= 0.6 is 23.6 Å². The molecule has 1 atom stereocenters. The highest BCUT2D eigenvalue weighted by Crippen LogP contribution is 2.35. The van der Waals surface area contributed by atoms with Crippen molar-refractivity contribution >= 4 is 28.7 Å². The third-order valence-corrected chi connectivity index (χ3v) is 4.69. The van der Waals surface area contributed by atoms with E-state index in [9.17, 15) is 0 Å². The number of nitrogens with one attached hydrogen (secondary N) is 2. The molecule has 0 aliphatic carbocycles. The normalized spacial score (nSPS) is 18.1. The molecule has 3 heterocycles. The zero-order valence-electron chi connectivity index (χ0n) is 11.6. The molecule has 0 aromatic carbocycles. The van der Waals surface area contributed by atoms with Crippen LogP contribution in [-0.2, 0) is 6.42 Å². The van der Waals surface area contributed by atoms with Gasteiger partial charge in [-0.25, -0.2) is 4.98 Å². The highest BCUT2D eigenvalue weighted by atomic mass is 32.1. The summed E-state index contributed by atoms with van der Waals surface area (Å²) in [5.74, 6) is 0. The molecule has 0 saturated carbocycles. The number of imidazole rings is 1. The van der Waals surface area contributed by atoms with Gasteiger partial charge in [0.15, 0.2) is 5.11 Å². The van der Waals surface area contributed by atoms with Gasteiger partial charge in [0, 0.05) is 29.6 Å². The Morgan fingerprint density at radius 3 is 3.15 bits per heavy atom. The average Bonchev–Trinajstić information content (AvgIpc) is 3.07. The summed E-state index contributed by atoms with van der Waals surface area (Å²) in [4.78, 5) is 11.3. The van der Waals surface area contributed by atoms with Crippen LogP contribution < -0.4 is 5.32 Å². The zero-order valence-corrected chi connectivity index (χ0v) is 13.2. The number of fused-ring (bicyclic) bond motifs is 1. The molecule has 1 aliphatic heterocycles. The van der Waals surface area contributed by atoms with Crippen molar-refractivity contribution in [3.63, 3.8) is 0 Å². The van der Waals surface area contributed by atoms with E-state index in [2.05, 4.69) is 51.5 Å². The summed E-state index contributed by atoms with van der Waals surface area (Å²) in [6.45, 7) is 5.13. The maximum Gasteiger partial charge on any atom is 0.170 e. The number of thiocarbonyl (C=S) groups is 1. The Morgan fingerprint density at radius 2 is 2.45 bits per heavy atom. The third kappa shape index (κ3) is 2.45. The first kappa shape index (κ1) is 13.6. The van der Waals surface area contributed by atoms with E-state index in [1.807, 2.05) is 0 Å². The first-order chi connectivity index (χ1) is 9.66. The van der Waals surface area contributed by atoms with Crippen LogP contribution in [0.3, 0.4) is 0 Å². The van der Waals surface area contributed by atoms with Gasteiger partial charge in [0.05, 0.1) is 12.0 Å². The summed E-state index contributed by atoms with van der Waals surface area (Å²) < 4.78 is 0. The molecule has 3 rings (SSSR count). The van der Waals surface area contributed by atoms with Crippen molar-refractivity contribution in [1.29, 1.82) is 0 Å². The number of rotatable bonds is 2. The predicted molar refractivity (Wildman–Crippen MR) is 86.0 cm³/mol. The number of hydrogen-bond acceptors (Lipinski definition) is 3. The van der Waals surface area contributed by atoms with Crippen molar-refractivity contribution < 1.29 is 0 Å². The molecule has 20 heavy (non-hydrogen) atoms. The minimum atomic E-state index is 0.128. The Kier molecular flexibility index (Phi) is 3.76. The van der Waals surface area contributed by atoms with Crippen LogP contribution in [0.2, 0.25) is 0 Å². The Balaban J connectivity index is 1.96. The van der Waals surface area contributed by atoms with E-state index < -0.39 is 0 Å². The van der Waals surface area contributed by atoms with E-state index in [0.29, 0.717) is 6.04 Å². The van der Waals surface area contributed by atoms with Crippen LogP contribution in [0.15, 0.2) is 23.8 Å². The molecule has 2 aromatic rings. The summed E-state index contributed by atoms with van der Waals surface area (Å²) >= 11 is 7.34. The highest BCUT2D eigenvalue weighted by Gasteiger charge is 2.33. The second-order valence-corrected chi connectivity index (χ2v) is 6.60. The van der Waals surface area contributed by atoms with E-state index in [1.54, 1.807) is 17.7 Å². The maximum absolute atomic E-state index is 5.59. The van der Waals surface area contributed by atoms with Gasteiger partial charge < -0.3 is 15.2 Å². The lowest BCUT2D eigenvalue weighted by Crippen LogP contribution is -2.47. The molecule has 1 aliphatic rings. The van der Waals surface area contributed by atoms with Gasteiger partial charge in [-0.15, -0.1) is 11.3 Å². The molecule has 6 heteroatoms. The fourth-order valence-electron chi connectivity index (χ4n) is 2.56. The number of aromatic amines is 1. The van der Waals surface area contributed by atoms with Crippen molar-refractivity contribution in [2.45, 2.75) is 32.4 Å². The summed E-state index contributed by atoms with van der Waals surface area (Å²) in [5.41, 5.74) is 2.33. The lowest BCUT2D eigenvalue weighted by atomic mass is 10.0. The molecule has 0 spiro atoms. The third-order valence-electron chi connectivity index (χ3n) is 3.41.